The van der Waals surface area contributed by atoms with E-state index in [1.807, 2.05) is 0 Å². The van der Waals surface area contributed by atoms with Crippen LogP contribution in [0.5, 0.6) is 0 Å². The second-order valence-corrected chi connectivity index (χ2v) is 7.80. The molecule has 0 aromatic heterocycles. The molecule has 2 aliphatic heterocycles. The molecule has 0 spiro atoms. The number of nitrogens with zero attached hydrogens (tertiary/aromatic N) is 2. The van der Waals surface area contributed by atoms with Crippen molar-refractivity contribution in [3.8, 4) is 0 Å². The van der Waals surface area contributed by atoms with E-state index in [0.29, 0.717) is 32.1 Å². The van der Waals surface area contributed by atoms with Gasteiger partial charge in [-0.3, -0.25) is 4.90 Å². The fourth-order valence-electron chi connectivity index (χ4n) is 3.10. The molecule has 2 fully saturated rings. The Morgan fingerprint density at radius 2 is 1.79 bits per heavy atom. The van der Waals surface area contributed by atoms with Gasteiger partial charge in [-0.15, -0.1) is 0 Å². The van der Waals surface area contributed by atoms with Crippen LogP contribution >= 0.6 is 0 Å². The Bertz CT molecular complexity index is 366. The second-order valence-electron chi connectivity index (χ2n) is 5.71. The predicted molar refractivity (Wildman–Crippen MR) is 77.5 cm³/mol. The van der Waals surface area contributed by atoms with Crippen LogP contribution in [0.3, 0.4) is 0 Å². The van der Waals surface area contributed by atoms with Crippen LogP contribution in [0, 0.1) is 0 Å². The van der Waals surface area contributed by atoms with Gasteiger partial charge in [-0.1, -0.05) is 6.42 Å². The van der Waals surface area contributed by atoms with Gasteiger partial charge in [0.1, 0.15) is 0 Å². The second kappa shape index (κ2) is 7.02. The van der Waals surface area contributed by atoms with Crippen molar-refractivity contribution in [2.45, 2.75) is 44.6 Å². The fourth-order valence-corrected chi connectivity index (χ4v) is 4.71. The summed E-state index contributed by atoms with van der Waals surface area (Å²) >= 11 is 0. The Labute approximate surface area is 117 Å². The van der Waals surface area contributed by atoms with Gasteiger partial charge >= 0.3 is 0 Å². The average molecular weight is 289 g/mol. The molecule has 2 aliphatic rings. The van der Waals surface area contributed by atoms with Gasteiger partial charge in [0.15, 0.2) is 0 Å². The fraction of sp³-hybridized carbons (Fsp3) is 1.00. The summed E-state index contributed by atoms with van der Waals surface area (Å²) in [7, 11) is -3.05. The molecule has 5 nitrogen and oxygen atoms in total. The molecular formula is C13H27N3O2S. The molecule has 2 heterocycles. The van der Waals surface area contributed by atoms with E-state index in [1.54, 1.807) is 4.31 Å². The minimum Gasteiger partial charge on any atom is -0.330 e. The number of hydrogen-bond acceptors (Lipinski definition) is 4. The molecule has 0 aromatic carbocycles. The Morgan fingerprint density at radius 3 is 2.47 bits per heavy atom. The third kappa shape index (κ3) is 4.15. The highest BCUT2D eigenvalue weighted by atomic mass is 32.2. The lowest BCUT2D eigenvalue weighted by Gasteiger charge is -2.32. The molecule has 0 bridgehead atoms. The number of unbranched alkanes of at least 4 members (excludes halogenated alkanes) is 1. The van der Waals surface area contributed by atoms with Crippen molar-refractivity contribution in [2.75, 3.05) is 38.5 Å². The summed E-state index contributed by atoms with van der Waals surface area (Å²) in [6.45, 7) is 4.26. The highest BCUT2D eigenvalue weighted by molar-refractivity contribution is 7.89. The average Bonchev–Trinajstić information content (AvgIpc) is 2.90. The lowest BCUT2D eigenvalue weighted by atomic mass is 10.1. The van der Waals surface area contributed by atoms with Crippen LogP contribution in [0.25, 0.3) is 0 Å². The van der Waals surface area contributed by atoms with E-state index in [1.165, 1.54) is 19.3 Å². The molecule has 6 heteroatoms. The molecule has 0 aromatic rings. The van der Waals surface area contributed by atoms with E-state index in [4.69, 9.17) is 5.73 Å². The third-order valence-corrected chi connectivity index (χ3v) is 6.21. The first-order valence-electron chi connectivity index (χ1n) is 7.55. The van der Waals surface area contributed by atoms with Crippen molar-refractivity contribution in [3.05, 3.63) is 0 Å². The van der Waals surface area contributed by atoms with Crippen molar-refractivity contribution in [1.82, 2.24) is 9.21 Å². The van der Waals surface area contributed by atoms with E-state index in [2.05, 4.69) is 4.90 Å². The van der Waals surface area contributed by atoms with Crippen LogP contribution in [0.15, 0.2) is 0 Å². The molecule has 19 heavy (non-hydrogen) atoms. The molecular weight excluding hydrogens is 262 g/mol. The standard InChI is InChI=1S/C13H27N3O2S/c14-7-2-5-11-19(17,18)16-10-6-13(12-16)15-8-3-1-4-9-15/h13H,1-12,14H2. The Morgan fingerprint density at radius 1 is 1.05 bits per heavy atom. The maximum absolute atomic E-state index is 12.2. The molecule has 1 unspecified atom stereocenters. The first-order chi connectivity index (χ1) is 9.13. The summed E-state index contributed by atoms with van der Waals surface area (Å²) in [5.41, 5.74) is 5.42. The highest BCUT2D eigenvalue weighted by Gasteiger charge is 2.34. The molecule has 2 rings (SSSR count). The van der Waals surface area contributed by atoms with Gasteiger partial charge in [-0.25, -0.2) is 12.7 Å². The van der Waals surface area contributed by atoms with Gasteiger partial charge < -0.3 is 5.73 Å². The van der Waals surface area contributed by atoms with Crippen molar-refractivity contribution < 1.29 is 8.42 Å². The van der Waals surface area contributed by atoms with Gasteiger partial charge in [-0.2, -0.15) is 0 Å². The first kappa shape index (κ1) is 15.2. The quantitative estimate of drug-likeness (QED) is 0.728. The van der Waals surface area contributed by atoms with Crippen LogP contribution in [-0.4, -0.2) is 62.1 Å². The van der Waals surface area contributed by atoms with Crippen LogP contribution in [0.2, 0.25) is 0 Å². The van der Waals surface area contributed by atoms with Crippen LogP contribution < -0.4 is 5.73 Å². The molecule has 0 aliphatic carbocycles. The predicted octanol–water partition coefficient (Wildman–Crippen LogP) is 0.615. The maximum Gasteiger partial charge on any atom is 0.214 e. The molecule has 0 radical (unpaired) electrons. The number of piperidine rings is 1. The normalized spacial score (nSPS) is 26.9. The van der Waals surface area contributed by atoms with E-state index in [0.717, 1.165) is 25.9 Å². The number of likely N-dealkylation sites (tertiary alicyclic amines) is 1. The van der Waals surface area contributed by atoms with Crippen molar-refractivity contribution in [3.63, 3.8) is 0 Å². The first-order valence-corrected chi connectivity index (χ1v) is 9.16. The summed E-state index contributed by atoms with van der Waals surface area (Å²) in [5.74, 6) is 0.261. The van der Waals surface area contributed by atoms with Crippen LogP contribution in [0.4, 0.5) is 0 Å². The Hall–Kier alpha value is -0.170. The monoisotopic (exact) mass is 289 g/mol. The molecule has 0 amide bonds. The van der Waals surface area contributed by atoms with Crippen molar-refractivity contribution in [2.24, 2.45) is 5.73 Å². The molecule has 112 valence electrons. The van der Waals surface area contributed by atoms with Gasteiger partial charge in [-0.05, 0) is 51.7 Å². The summed E-state index contributed by atoms with van der Waals surface area (Å²) in [4.78, 5) is 2.49. The van der Waals surface area contributed by atoms with E-state index >= 15 is 0 Å². The number of nitrogens with two attached hydrogens (primary N) is 1. The Kier molecular flexibility index (Phi) is 5.62. The molecule has 2 N–H and O–H groups in total. The van der Waals surface area contributed by atoms with E-state index in [-0.39, 0.29) is 5.75 Å². The smallest absolute Gasteiger partial charge is 0.214 e. The number of rotatable bonds is 6. The molecule has 0 saturated carbocycles. The highest BCUT2D eigenvalue weighted by Crippen LogP contribution is 2.22. The van der Waals surface area contributed by atoms with Crippen LogP contribution in [0.1, 0.15) is 38.5 Å². The summed E-state index contributed by atoms with van der Waals surface area (Å²) < 4.78 is 26.1. The van der Waals surface area contributed by atoms with Gasteiger partial charge in [0.25, 0.3) is 0 Å². The van der Waals surface area contributed by atoms with E-state index in [9.17, 15) is 8.42 Å². The summed E-state index contributed by atoms with van der Waals surface area (Å²) in [6, 6.07) is 0.449. The molecule has 1 atom stereocenters. The Balaban J connectivity index is 1.83. The zero-order chi connectivity index (χ0) is 13.7. The van der Waals surface area contributed by atoms with Gasteiger partial charge in [0.2, 0.25) is 10.0 Å². The topological polar surface area (TPSA) is 66.6 Å². The maximum atomic E-state index is 12.2. The third-order valence-electron chi connectivity index (χ3n) is 4.28. The van der Waals surface area contributed by atoms with Crippen molar-refractivity contribution >= 4 is 10.0 Å². The van der Waals surface area contributed by atoms with Gasteiger partial charge in [0, 0.05) is 19.1 Å². The minimum absolute atomic E-state index is 0.261. The zero-order valence-electron chi connectivity index (χ0n) is 11.8. The number of sulfonamides is 1. The van der Waals surface area contributed by atoms with Crippen LogP contribution in [-0.2, 0) is 10.0 Å². The summed E-state index contributed by atoms with van der Waals surface area (Å²) in [6.07, 6.45) is 6.33. The molecule has 2 saturated heterocycles. The SMILES string of the molecule is NCCCCS(=O)(=O)N1CCC(N2CCCCC2)C1. The zero-order valence-corrected chi connectivity index (χ0v) is 12.6. The minimum atomic E-state index is -3.05. The largest absolute Gasteiger partial charge is 0.330 e. The van der Waals surface area contributed by atoms with Gasteiger partial charge in [0.05, 0.1) is 5.75 Å². The lowest BCUT2D eigenvalue weighted by Crippen LogP contribution is -2.42. The summed E-state index contributed by atoms with van der Waals surface area (Å²) in [5, 5.41) is 0. The lowest BCUT2D eigenvalue weighted by molar-refractivity contribution is 0.169. The van der Waals surface area contributed by atoms with Crippen molar-refractivity contribution in [1.29, 1.82) is 0 Å². The van der Waals surface area contributed by atoms with E-state index < -0.39 is 10.0 Å². The number of hydrogen-bond donors (Lipinski definition) is 1.